The van der Waals surface area contributed by atoms with E-state index in [-0.39, 0.29) is 0 Å². The summed E-state index contributed by atoms with van der Waals surface area (Å²) in [5.74, 6) is 0.575. The third kappa shape index (κ3) is 4.20. The topological polar surface area (TPSA) is 38.9 Å². The molecule has 0 atom stereocenters. The zero-order valence-corrected chi connectivity index (χ0v) is 30.6. The maximum Gasteiger partial charge on any atom is 0.228 e. The van der Waals surface area contributed by atoms with Gasteiger partial charge in [0.1, 0.15) is 0 Å². The molecule has 0 radical (unpaired) electrons. The SMILES string of the molecule is c1ccc(-c2c3cc4c5ccccc5c5cccc(c3c(-c3ccccc3)c3c6ccc(-c7ccc(-c8nc9ncccc9o8)cc7)c7cccc(c23)c76)c54)cc1. The zero-order chi connectivity index (χ0) is 37.2. The van der Waals surface area contributed by atoms with Gasteiger partial charge in [0, 0.05) is 11.8 Å². The third-order valence-corrected chi connectivity index (χ3v) is 12.2. The minimum absolute atomic E-state index is 0.575. The fraction of sp³-hybridized carbons (Fsp3) is 0. The number of aromatic nitrogens is 2. The molecule has 11 aromatic carbocycles. The summed E-state index contributed by atoms with van der Waals surface area (Å²) in [7, 11) is 0. The van der Waals surface area contributed by atoms with Crippen molar-refractivity contribution in [2.24, 2.45) is 0 Å². The smallest absolute Gasteiger partial charge is 0.228 e. The van der Waals surface area contributed by atoms with Crippen LogP contribution in [-0.4, -0.2) is 9.97 Å². The van der Waals surface area contributed by atoms with Crippen molar-refractivity contribution >= 4 is 86.6 Å². The van der Waals surface area contributed by atoms with Crippen LogP contribution in [0.3, 0.4) is 0 Å². The van der Waals surface area contributed by atoms with Crippen molar-refractivity contribution in [2.75, 3.05) is 0 Å². The van der Waals surface area contributed by atoms with Gasteiger partial charge in [-0.2, -0.15) is 4.98 Å². The summed E-state index contributed by atoms with van der Waals surface area (Å²) in [5, 5.41) is 18.2. The lowest BCUT2D eigenvalue weighted by atomic mass is 9.84. The molecule has 0 spiro atoms. The summed E-state index contributed by atoms with van der Waals surface area (Å²) in [6.07, 6.45) is 1.74. The molecule has 0 aliphatic rings. The molecule has 0 amide bonds. The highest BCUT2D eigenvalue weighted by atomic mass is 16.3. The van der Waals surface area contributed by atoms with Crippen molar-refractivity contribution in [3.63, 3.8) is 0 Å². The Labute approximate surface area is 326 Å². The van der Waals surface area contributed by atoms with E-state index in [1.54, 1.807) is 6.20 Å². The molecule has 3 nitrogen and oxygen atoms in total. The maximum absolute atomic E-state index is 6.06. The van der Waals surface area contributed by atoms with Crippen LogP contribution >= 0.6 is 0 Å². The lowest BCUT2D eigenvalue weighted by molar-refractivity contribution is 0.619. The van der Waals surface area contributed by atoms with Crippen LogP contribution < -0.4 is 0 Å². The average molecular weight is 723 g/mol. The number of hydrogen-bond donors (Lipinski definition) is 0. The molecule has 2 aromatic heterocycles. The van der Waals surface area contributed by atoms with E-state index in [4.69, 9.17) is 4.42 Å². The van der Waals surface area contributed by atoms with Gasteiger partial charge in [0.15, 0.2) is 11.2 Å². The number of pyridine rings is 1. The molecule has 0 N–H and O–H groups in total. The van der Waals surface area contributed by atoms with Gasteiger partial charge < -0.3 is 4.42 Å². The van der Waals surface area contributed by atoms with Crippen LogP contribution in [0.5, 0.6) is 0 Å². The molecule has 13 rings (SSSR count). The van der Waals surface area contributed by atoms with Gasteiger partial charge in [0.05, 0.1) is 0 Å². The second-order valence-electron chi connectivity index (χ2n) is 15.2. The van der Waals surface area contributed by atoms with Crippen molar-refractivity contribution in [3.05, 3.63) is 182 Å². The summed E-state index contributed by atoms with van der Waals surface area (Å²) < 4.78 is 6.06. The van der Waals surface area contributed by atoms with Gasteiger partial charge in [-0.1, -0.05) is 146 Å². The minimum Gasteiger partial charge on any atom is -0.434 e. The Bertz CT molecular complexity index is 3680. The van der Waals surface area contributed by atoms with E-state index in [1.165, 1.54) is 103 Å². The first-order valence-electron chi connectivity index (χ1n) is 19.5. The molecule has 262 valence electrons. The molecule has 57 heavy (non-hydrogen) atoms. The summed E-state index contributed by atoms with van der Waals surface area (Å²) >= 11 is 0. The van der Waals surface area contributed by atoms with Crippen molar-refractivity contribution in [1.82, 2.24) is 9.97 Å². The zero-order valence-electron chi connectivity index (χ0n) is 30.6. The molecule has 13 aromatic rings. The molecular weight excluding hydrogens is 693 g/mol. The second-order valence-corrected chi connectivity index (χ2v) is 15.2. The number of nitrogens with zero attached hydrogens (tertiary/aromatic N) is 2. The molecule has 3 heteroatoms. The van der Waals surface area contributed by atoms with Crippen molar-refractivity contribution in [1.29, 1.82) is 0 Å². The van der Waals surface area contributed by atoms with Crippen LogP contribution in [0, 0.1) is 0 Å². The van der Waals surface area contributed by atoms with Gasteiger partial charge in [0.2, 0.25) is 5.89 Å². The summed E-state index contributed by atoms with van der Waals surface area (Å²) in [6, 6.07) is 64.3. The van der Waals surface area contributed by atoms with E-state index in [0.717, 1.165) is 11.1 Å². The highest BCUT2D eigenvalue weighted by Crippen LogP contribution is 2.55. The third-order valence-electron chi connectivity index (χ3n) is 12.2. The number of hydrogen-bond acceptors (Lipinski definition) is 3. The molecular formula is C54H30N2O. The van der Waals surface area contributed by atoms with Crippen LogP contribution in [0.2, 0.25) is 0 Å². The second kappa shape index (κ2) is 11.5. The van der Waals surface area contributed by atoms with Gasteiger partial charge in [-0.05, 0) is 139 Å². The average Bonchev–Trinajstić information content (AvgIpc) is 3.96. The van der Waals surface area contributed by atoms with Crippen LogP contribution in [0.15, 0.2) is 187 Å². The molecule has 0 aliphatic carbocycles. The van der Waals surface area contributed by atoms with Crippen LogP contribution in [0.4, 0.5) is 0 Å². The predicted molar refractivity (Wildman–Crippen MR) is 238 cm³/mol. The largest absolute Gasteiger partial charge is 0.434 e. The van der Waals surface area contributed by atoms with Gasteiger partial charge in [0.25, 0.3) is 0 Å². The summed E-state index contributed by atoms with van der Waals surface area (Å²) in [4.78, 5) is 9.01. The molecule has 2 heterocycles. The minimum atomic E-state index is 0.575. The fourth-order valence-electron chi connectivity index (χ4n) is 9.95. The number of oxazole rings is 1. The van der Waals surface area contributed by atoms with E-state index >= 15 is 0 Å². The molecule has 0 saturated heterocycles. The van der Waals surface area contributed by atoms with Gasteiger partial charge >= 0.3 is 0 Å². The Kier molecular flexibility index (Phi) is 6.16. The number of rotatable bonds is 4. The van der Waals surface area contributed by atoms with Crippen molar-refractivity contribution in [3.8, 4) is 44.8 Å². The maximum atomic E-state index is 6.06. The Balaban J connectivity index is 1.18. The lowest BCUT2D eigenvalue weighted by Crippen LogP contribution is -1.91. The normalized spacial score (nSPS) is 12.2. The molecule has 0 saturated carbocycles. The highest BCUT2D eigenvalue weighted by Gasteiger charge is 2.27. The highest BCUT2D eigenvalue weighted by molar-refractivity contribution is 6.45. The van der Waals surface area contributed by atoms with Crippen LogP contribution in [0.25, 0.3) is 131 Å². The Morgan fingerprint density at radius 2 is 0.912 bits per heavy atom. The van der Waals surface area contributed by atoms with E-state index in [1.807, 2.05) is 12.1 Å². The van der Waals surface area contributed by atoms with Crippen molar-refractivity contribution in [2.45, 2.75) is 0 Å². The first kappa shape index (κ1) is 30.7. The Hall–Kier alpha value is -7.62. The quantitative estimate of drug-likeness (QED) is 0.170. The summed E-state index contributed by atoms with van der Waals surface area (Å²) in [5.41, 5.74) is 9.61. The van der Waals surface area contributed by atoms with Gasteiger partial charge in [-0.3, -0.25) is 0 Å². The number of benzene rings is 9. The molecule has 0 fully saturated rings. The van der Waals surface area contributed by atoms with Gasteiger partial charge in [-0.25, -0.2) is 4.98 Å². The first-order chi connectivity index (χ1) is 28.3. The molecule has 0 unspecified atom stereocenters. The Morgan fingerprint density at radius 3 is 1.67 bits per heavy atom. The number of fused-ring (bicyclic) bond motifs is 9. The van der Waals surface area contributed by atoms with Gasteiger partial charge in [-0.15, -0.1) is 0 Å². The molecule has 0 aliphatic heterocycles. The lowest BCUT2D eigenvalue weighted by Gasteiger charge is -2.19. The predicted octanol–water partition coefficient (Wildman–Crippen LogP) is 14.8. The monoisotopic (exact) mass is 722 g/mol. The van der Waals surface area contributed by atoms with E-state index in [9.17, 15) is 0 Å². The van der Waals surface area contributed by atoms with Crippen molar-refractivity contribution < 1.29 is 4.42 Å². The molecule has 0 bridgehead atoms. The standard InChI is InChI=1S/C54H30N2O/c1-3-12-32(13-4-1)46-44-30-43-37-17-8-7-16-36(37)39-19-10-20-40(49(39)43)50(44)47(33-14-5-2-6-15-33)52-42-28-27-35(38-18-9-21-41(48(38)42)51(46)52)31-23-25-34(26-24-31)54-56-53-45(57-54)22-11-29-55-53/h1-30H. The van der Waals surface area contributed by atoms with E-state index in [2.05, 4.69) is 174 Å². The van der Waals surface area contributed by atoms with Crippen LogP contribution in [0.1, 0.15) is 0 Å². The Morgan fingerprint density at radius 1 is 0.333 bits per heavy atom. The summed E-state index contributed by atoms with van der Waals surface area (Å²) in [6.45, 7) is 0. The van der Waals surface area contributed by atoms with Crippen LogP contribution in [-0.2, 0) is 0 Å². The van der Waals surface area contributed by atoms with E-state index in [0.29, 0.717) is 17.1 Å². The first-order valence-corrected chi connectivity index (χ1v) is 19.5. The fourth-order valence-corrected chi connectivity index (χ4v) is 9.95. The van der Waals surface area contributed by atoms with E-state index < -0.39 is 0 Å².